The summed E-state index contributed by atoms with van der Waals surface area (Å²) in [5.41, 5.74) is 5.49. The van der Waals surface area contributed by atoms with Crippen LogP contribution in [0.4, 0.5) is 22.7 Å². The zero-order valence-corrected chi connectivity index (χ0v) is 17.7. The first kappa shape index (κ1) is 20.3. The topological polar surface area (TPSA) is 70.7 Å². The van der Waals surface area contributed by atoms with E-state index in [9.17, 15) is 9.59 Å². The molecule has 2 heterocycles. The smallest absolute Gasteiger partial charge is 0.255 e. The highest BCUT2D eigenvalue weighted by Crippen LogP contribution is 2.34. The molecule has 2 N–H and O–H groups in total. The minimum atomic E-state index is -0.409. The zero-order valence-electron chi connectivity index (χ0n) is 17.7. The Morgan fingerprint density at radius 1 is 0.906 bits per heavy atom. The zero-order chi connectivity index (χ0) is 21.9. The summed E-state index contributed by atoms with van der Waals surface area (Å²) in [5.74, 6) is -0.392. The Morgan fingerprint density at radius 2 is 1.75 bits per heavy atom. The summed E-state index contributed by atoms with van der Waals surface area (Å²) < 4.78 is 5.41. The van der Waals surface area contributed by atoms with Crippen LogP contribution in [0.2, 0.25) is 0 Å². The molecule has 162 valence electrons. The Labute approximate surface area is 187 Å². The molecule has 1 unspecified atom stereocenters. The van der Waals surface area contributed by atoms with Crippen molar-refractivity contribution in [1.82, 2.24) is 0 Å². The Hall–Kier alpha value is -3.64. The van der Waals surface area contributed by atoms with Crippen LogP contribution >= 0.6 is 0 Å². The Balaban J connectivity index is 1.24. The van der Waals surface area contributed by atoms with Gasteiger partial charge in [0.25, 0.3) is 11.8 Å². The monoisotopic (exact) mass is 427 g/mol. The number of nitrogens with zero attached hydrogens (tertiary/aromatic N) is 1. The van der Waals surface area contributed by atoms with Gasteiger partial charge in [0.1, 0.15) is 6.10 Å². The summed E-state index contributed by atoms with van der Waals surface area (Å²) in [5, 5.41) is 5.78. The summed E-state index contributed by atoms with van der Waals surface area (Å²) in [6.07, 6.45) is 2.25. The average molecular weight is 428 g/mol. The van der Waals surface area contributed by atoms with E-state index in [0.717, 1.165) is 37.2 Å². The molecule has 0 spiro atoms. The average Bonchev–Trinajstić information content (AvgIpc) is 3.50. The molecule has 1 fully saturated rings. The number of rotatable bonds is 5. The van der Waals surface area contributed by atoms with Crippen LogP contribution < -0.4 is 15.5 Å². The first-order chi connectivity index (χ1) is 15.7. The van der Waals surface area contributed by atoms with E-state index in [0.29, 0.717) is 17.9 Å². The largest absolute Gasteiger partial charge is 0.368 e. The third-order valence-electron chi connectivity index (χ3n) is 5.94. The van der Waals surface area contributed by atoms with Crippen molar-refractivity contribution in [2.45, 2.75) is 25.4 Å². The summed E-state index contributed by atoms with van der Waals surface area (Å²) in [4.78, 5) is 27.3. The van der Waals surface area contributed by atoms with Crippen LogP contribution in [0.25, 0.3) is 0 Å². The second-order valence-electron chi connectivity index (χ2n) is 8.10. The van der Waals surface area contributed by atoms with Crippen molar-refractivity contribution in [3.8, 4) is 0 Å². The Morgan fingerprint density at radius 3 is 2.56 bits per heavy atom. The molecule has 6 nitrogen and oxygen atoms in total. The van der Waals surface area contributed by atoms with Crippen molar-refractivity contribution in [2.75, 3.05) is 28.7 Å². The number of para-hydroxylation sites is 1. The molecule has 2 aliphatic rings. The van der Waals surface area contributed by atoms with Gasteiger partial charge in [-0.2, -0.15) is 0 Å². The van der Waals surface area contributed by atoms with E-state index in [1.54, 1.807) is 24.3 Å². The highest BCUT2D eigenvalue weighted by molar-refractivity contribution is 6.05. The van der Waals surface area contributed by atoms with Crippen molar-refractivity contribution in [3.63, 3.8) is 0 Å². The van der Waals surface area contributed by atoms with Gasteiger partial charge in [-0.1, -0.05) is 24.3 Å². The second-order valence-corrected chi connectivity index (χ2v) is 8.10. The SMILES string of the molecule is O=C(Nc1ccc(N2CCc3ccccc32)cc1)c1cccc(NC(=O)C2CCCO2)c1. The number of hydrogen-bond acceptors (Lipinski definition) is 4. The van der Waals surface area contributed by atoms with Gasteiger partial charge in [0.05, 0.1) is 0 Å². The molecule has 1 saturated heterocycles. The fraction of sp³-hybridized carbons (Fsp3) is 0.231. The minimum Gasteiger partial charge on any atom is -0.368 e. The van der Waals surface area contributed by atoms with Crippen LogP contribution in [-0.2, 0) is 16.0 Å². The number of amides is 2. The highest BCUT2D eigenvalue weighted by atomic mass is 16.5. The van der Waals surface area contributed by atoms with Gasteiger partial charge in [0.15, 0.2) is 0 Å². The van der Waals surface area contributed by atoms with Crippen molar-refractivity contribution >= 4 is 34.6 Å². The van der Waals surface area contributed by atoms with Crippen LogP contribution in [0.3, 0.4) is 0 Å². The first-order valence-electron chi connectivity index (χ1n) is 11.0. The van der Waals surface area contributed by atoms with E-state index >= 15 is 0 Å². The van der Waals surface area contributed by atoms with Gasteiger partial charge in [-0.15, -0.1) is 0 Å². The van der Waals surface area contributed by atoms with E-state index in [1.165, 1.54) is 11.3 Å². The molecule has 0 aromatic heterocycles. The third kappa shape index (κ3) is 4.22. The summed E-state index contributed by atoms with van der Waals surface area (Å²) in [7, 11) is 0. The summed E-state index contributed by atoms with van der Waals surface area (Å²) >= 11 is 0. The van der Waals surface area contributed by atoms with Crippen LogP contribution in [0.1, 0.15) is 28.8 Å². The van der Waals surface area contributed by atoms with Gasteiger partial charge >= 0.3 is 0 Å². The lowest BCUT2D eigenvalue weighted by Crippen LogP contribution is -2.27. The number of benzene rings is 3. The van der Waals surface area contributed by atoms with Crippen molar-refractivity contribution in [1.29, 1.82) is 0 Å². The number of fused-ring (bicyclic) bond motifs is 1. The minimum absolute atomic E-state index is 0.167. The molecule has 5 rings (SSSR count). The van der Waals surface area contributed by atoms with E-state index in [1.807, 2.05) is 24.3 Å². The van der Waals surface area contributed by atoms with Gasteiger partial charge in [-0.3, -0.25) is 9.59 Å². The predicted molar refractivity (Wildman–Crippen MR) is 126 cm³/mol. The Bertz CT molecular complexity index is 1140. The molecule has 2 aliphatic heterocycles. The van der Waals surface area contributed by atoms with Crippen LogP contribution in [0.15, 0.2) is 72.8 Å². The van der Waals surface area contributed by atoms with Gasteiger partial charge in [-0.25, -0.2) is 0 Å². The maximum atomic E-state index is 12.8. The molecule has 2 amide bonds. The van der Waals surface area contributed by atoms with E-state index in [-0.39, 0.29) is 11.8 Å². The third-order valence-corrected chi connectivity index (χ3v) is 5.94. The molecule has 6 heteroatoms. The van der Waals surface area contributed by atoms with Gasteiger partial charge < -0.3 is 20.3 Å². The number of hydrogen-bond donors (Lipinski definition) is 2. The van der Waals surface area contributed by atoms with Crippen molar-refractivity contribution in [3.05, 3.63) is 83.9 Å². The summed E-state index contributed by atoms with van der Waals surface area (Å²) in [6.45, 7) is 1.57. The maximum absolute atomic E-state index is 12.8. The van der Waals surface area contributed by atoms with Crippen LogP contribution in [-0.4, -0.2) is 31.1 Å². The molecule has 3 aromatic rings. The lowest BCUT2D eigenvalue weighted by Gasteiger charge is -2.20. The Kier molecular flexibility index (Phi) is 5.60. The molecule has 3 aromatic carbocycles. The molecule has 0 bridgehead atoms. The predicted octanol–water partition coefficient (Wildman–Crippen LogP) is 4.75. The number of nitrogens with one attached hydrogen (secondary N) is 2. The molecule has 32 heavy (non-hydrogen) atoms. The van der Waals surface area contributed by atoms with E-state index in [4.69, 9.17) is 4.74 Å². The molecular weight excluding hydrogens is 402 g/mol. The number of carbonyl (C=O) groups excluding carboxylic acids is 2. The fourth-order valence-electron chi connectivity index (χ4n) is 4.28. The van der Waals surface area contributed by atoms with Crippen LogP contribution in [0.5, 0.6) is 0 Å². The van der Waals surface area contributed by atoms with E-state index < -0.39 is 6.10 Å². The van der Waals surface area contributed by atoms with Gasteiger partial charge in [-0.05, 0) is 73.4 Å². The van der Waals surface area contributed by atoms with Gasteiger partial charge in [0, 0.05) is 41.5 Å². The second kappa shape index (κ2) is 8.85. The van der Waals surface area contributed by atoms with Crippen molar-refractivity contribution < 1.29 is 14.3 Å². The standard InChI is InChI=1S/C26H25N3O3/c30-25(19-6-3-7-21(17-19)28-26(31)24-9-4-16-32-24)27-20-10-12-22(13-11-20)29-15-14-18-5-1-2-8-23(18)29/h1-3,5-8,10-13,17,24H,4,9,14-16H2,(H,27,30)(H,28,31). The highest BCUT2D eigenvalue weighted by Gasteiger charge is 2.24. The van der Waals surface area contributed by atoms with E-state index in [2.05, 4.69) is 39.8 Å². The quantitative estimate of drug-likeness (QED) is 0.616. The number of anilines is 4. The molecule has 0 radical (unpaired) electrons. The number of carbonyl (C=O) groups is 2. The maximum Gasteiger partial charge on any atom is 0.255 e. The lowest BCUT2D eigenvalue weighted by molar-refractivity contribution is -0.124. The molecule has 0 saturated carbocycles. The molecular formula is C26H25N3O3. The molecule has 0 aliphatic carbocycles. The first-order valence-corrected chi connectivity index (χ1v) is 11.0. The fourth-order valence-corrected chi connectivity index (χ4v) is 4.28. The lowest BCUT2D eigenvalue weighted by atomic mass is 10.1. The van der Waals surface area contributed by atoms with Gasteiger partial charge in [0.2, 0.25) is 0 Å². The normalized spacial score (nSPS) is 17.1. The summed E-state index contributed by atoms with van der Waals surface area (Å²) in [6, 6.07) is 23.3. The van der Waals surface area contributed by atoms with Crippen molar-refractivity contribution in [2.24, 2.45) is 0 Å². The number of ether oxygens (including phenoxy) is 1. The molecule has 1 atom stereocenters. The van der Waals surface area contributed by atoms with Crippen LogP contribution in [0, 0.1) is 0 Å².